The highest BCUT2D eigenvalue weighted by molar-refractivity contribution is 5.13. The zero-order valence-electron chi connectivity index (χ0n) is 14.1. The van der Waals surface area contributed by atoms with Gasteiger partial charge in [0.05, 0.1) is 6.20 Å². The number of rotatable bonds is 4. The molecule has 2 aromatic heterocycles. The topological polar surface area (TPSA) is 38.9 Å². The molecule has 1 unspecified atom stereocenters. The van der Waals surface area contributed by atoms with Gasteiger partial charge in [0.15, 0.2) is 0 Å². The lowest BCUT2D eigenvalue weighted by Crippen LogP contribution is -2.35. The summed E-state index contributed by atoms with van der Waals surface area (Å²) < 4.78 is 4.52. The predicted octanol–water partition coefficient (Wildman–Crippen LogP) is 2.82. The van der Waals surface area contributed by atoms with E-state index < -0.39 is 0 Å². The zero-order valence-corrected chi connectivity index (χ0v) is 14.1. The fourth-order valence-electron chi connectivity index (χ4n) is 4.12. The van der Waals surface area contributed by atoms with Crippen LogP contribution in [0.5, 0.6) is 0 Å². The number of hydrogen-bond donors (Lipinski definition) is 0. The molecule has 0 saturated carbocycles. The van der Waals surface area contributed by atoms with E-state index in [9.17, 15) is 0 Å². The minimum Gasteiger partial charge on any atom is -0.332 e. The summed E-state index contributed by atoms with van der Waals surface area (Å²) in [4.78, 5) is 7.38. The SMILES string of the molecule is CCn1cc(CN2CCCC(c3ncc4n3CCCC4)C2)cn1. The average molecular weight is 313 g/mol. The summed E-state index contributed by atoms with van der Waals surface area (Å²) in [6.45, 7) is 7.60. The highest BCUT2D eigenvalue weighted by atomic mass is 15.3. The summed E-state index contributed by atoms with van der Waals surface area (Å²) in [6.07, 6.45) is 12.7. The number of aromatic nitrogens is 4. The molecule has 5 nitrogen and oxygen atoms in total. The Morgan fingerprint density at radius 3 is 3.00 bits per heavy atom. The lowest BCUT2D eigenvalue weighted by atomic mass is 9.96. The van der Waals surface area contributed by atoms with E-state index in [4.69, 9.17) is 4.98 Å². The van der Waals surface area contributed by atoms with Gasteiger partial charge >= 0.3 is 0 Å². The molecule has 124 valence electrons. The maximum atomic E-state index is 4.80. The van der Waals surface area contributed by atoms with Gasteiger partial charge in [-0.25, -0.2) is 4.98 Å². The van der Waals surface area contributed by atoms with Gasteiger partial charge < -0.3 is 4.57 Å². The Bertz CT molecular complexity index is 656. The summed E-state index contributed by atoms with van der Waals surface area (Å²) in [6, 6.07) is 0. The van der Waals surface area contributed by atoms with Gasteiger partial charge in [0.25, 0.3) is 0 Å². The molecule has 0 N–H and O–H groups in total. The Morgan fingerprint density at radius 2 is 2.13 bits per heavy atom. The molecule has 23 heavy (non-hydrogen) atoms. The van der Waals surface area contributed by atoms with Crippen molar-refractivity contribution in [3.05, 3.63) is 35.7 Å². The molecule has 1 atom stereocenters. The molecule has 0 amide bonds. The van der Waals surface area contributed by atoms with E-state index >= 15 is 0 Å². The lowest BCUT2D eigenvalue weighted by molar-refractivity contribution is 0.194. The van der Waals surface area contributed by atoms with E-state index in [-0.39, 0.29) is 0 Å². The van der Waals surface area contributed by atoms with Crippen LogP contribution < -0.4 is 0 Å². The van der Waals surface area contributed by atoms with Gasteiger partial charge in [-0.15, -0.1) is 0 Å². The van der Waals surface area contributed by atoms with Crippen LogP contribution in [0.25, 0.3) is 0 Å². The van der Waals surface area contributed by atoms with Gasteiger partial charge in [-0.05, 0) is 45.6 Å². The Kier molecular flexibility index (Phi) is 4.21. The highest BCUT2D eigenvalue weighted by Crippen LogP contribution is 2.29. The first-order valence-corrected chi connectivity index (χ1v) is 9.11. The Hall–Kier alpha value is -1.62. The first kappa shape index (κ1) is 14.9. The van der Waals surface area contributed by atoms with Crippen molar-refractivity contribution in [2.45, 2.75) is 64.6 Å². The fraction of sp³-hybridized carbons (Fsp3) is 0.667. The lowest BCUT2D eigenvalue weighted by Gasteiger charge is -2.33. The van der Waals surface area contributed by atoms with E-state index in [0.29, 0.717) is 5.92 Å². The molecule has 1 fully saturated rings. The Morgan fingerprint density at radius 1 is 1.17 bits per heavy atom. The highest BCUT2D eigenvalue weighted by Gasteiger charge is 2.26. The van der Waals surface area contributed by atoms with Crippen molar-refractivity contribution in [3.63, 3.8) is 0 Å². The minimum atomic E-state index is 0.594. The third kappa shape index (κ3) is 3.07. The van der Waals surface area contributed by atoms with Crippen molar-refractivity contribution in [1.29, 1.82) is 0 Å². The molecular weight excluding hydrogens is 286 g/mol. The second-order valence-electron chi connectivity index (χ2n) is 7.00. The van der Waals surface area contributed by atoms with E-state index in [1.165, 1.54) is 62.3 Å². The number of imidazole rings is 1. The molecule has 2 aliphatic rings. The van der Waals surface area contributed by atoms with Gasteiger partial charge in [0, 0.05) is 55.7 Å². The van der Waals surface area contributed by atoms with Crippen molar-refractivity contribution >= 4 is 0 Å². The molecule has 4 heterocycles. The number of piperidine rings is 1. The smallest absolute Gasteiger partial charge is 0.113 e. The van der Waals surface area contributed by atoms with Crippen LogP contribution >= 0.6 is 0 Å². The third-order valence-electron chi connectivity index (χ3n) is 5.32. The molecule has 1 saturated heterocycles. The van der Waals surface area contributed by atoms with E-state index in [1.807, 2.05) is 10.9 Å². The second kappa shape index (κ2) is 6.48. The van der Waals surface area contributed by atoms with Crippen LogP contribution in [0.1, 0.15) is 55.6 Å². The van der Waals surface area contributed by atoms with Crippen LogP contribution in [0.2, 0.25) is 0 Å². The van der Waals surface area contributed by atoms with Gasteiger partial charge in [-0.3, -0.25) is 9.58 Å². The summed E-state index contributed by atoms with van der Waals surface area (Å²) >= 11 is 0. The summed E-state index contributed by atoms with van der Waals surface area (Å²) in [5.41, 5.74) is 2.78. The Balaban J connectivity index is 1.45. The van der Waals surface area contributed by atoms with Gasteiger partial charge in [-0.1, -0.05) is 0 Å². The fourth-order valence-corrected chi connectivity index (χ4v) is 4.12. The number of aryl methyl sites for hydroxylation is 2. The largest absolute Gasteiger partial charge is 0.332 e. The number of fused-ring (bicyclic) bond motifs is 1. The predicted molar refractivity (Wildman–Crippen MR) is 90.3 cm³/mol. The van der Waals surface area contributed by atoms with Gasteiger partial charge in [0.2, 0.25) is 0 Å². The van der Waals surface area contributed by atoms with Crippen LogP contribution in [-0.2, 0) is 26.1 Å². The van der Waals surface area contributed by atoms with Crippen molar-refractivity contribution in [2.24, 2.45) is 0 Å². The molecule has 4 rings (SSSR count). The van der Waals surface area contributed by atoms with Crippen molar-refractivity contribution < 1.29 is 0 Å². The number of nitrogens with zero attached hydrogens (tertiary/aromatic N) is 5. The molecule has 0 bridgehead atoms. The molecule has 2 aromatic rings. The maximum Gasteiger partial charge on any atom is 0.113 e. The van der Waals surface area contributed by atoms with Crippen LogP contribution in [0.15, 0.2) is 18.6 Å². The van der Waals surface area contributed by atoms with E-state index in [1.54, 1.807) is 0 Å². The van der Waals surface area contributed by atoms with Crippen molar-refractivity contribution in [3.8, 4) is 0 Å². The van der Waals surface area contributed by atoms with Gasteiger partial charge in [-0.2, -0.15) is 5.10 Å². The monoisotopic (exact) mass is 313 g/mol. The van der Waals surface area contributed by atoms with Crippen LogP contribution in [0.4, 0.5) is 0 Å². The quantitative estimate of drug-likeness (QED) is 0.871. The molecular formula is C18H27N5. The molecule has 0 radical (unpaired) electrons. The molecule has 5 heteroatoms. The third-order valence-corrected chi connectivity index (χ3v) is 5.32. The number of likely N-dealkylation sites (tertiary alicyclic amines) is 1. The molecule has 0 aromatic carbocycles. The summed E-state index contributed by atoms with van der Waals surface area (Å²) in [5.74, 6) is 1.94. The maximum absolute atomic E-state index is 4.80. The van der Waals surface area contributed by atoms with Gasteiger partial charge in [0.1, 0.15) is 5.82 Å². The van der Waals surface area contributed by atoms with Crippen LogP contribution in [-0.4, -0.2) is 37.3 Å². The van der Waals surface area contributed by atoms with Crippen LogP contribution in [0.3, 0.4) is 0 Å². The summed E-state index contributed by atoms with van der Waals surface area (Å²) in [7, 11) is 0. The first-order valence-electron chi connectivity index (χ1n) is 9.11. The van der Waals surface area contributed by atoms with Crippen LogP contribution in [0, 0.1) is 0 Å². The minimum absolute atomic E-state index is 0.594. The molecule has 0 aliphatic carbocycles. The van der Waals surface area contributed by atoms with Crippen molar-refractivity contribution in [1.82, 2.24) is 24.2 Å². The van der Waals surface area contributed by atoms with Crippen molar-refractivity contribution in [2.75, 3.05) is 13.1 Å². The standard InChI is InChI=1S/C18H27N5/c1-2-22-13-15(10-20-22)12-21-8-5-6-16(14-21)18-19-11-17-7-3-4-9-23(17)18/h10-11,13,16H,2-9,12,14H2,1H3. The zero-order chi connectivity index (χ0) is 15.6. The summed E-state index contributed by atoms with van der Waals surface area (Å²) in [5, 5.41) is 4.40. The molecule has 0 spiro atoms. The number of hydrogen-bond acceptors (Lipinski definition) is 3. The Labute approximate surface area is 138 Å². The second-order valence-corrected chi connectivity index (χ2v) is 7.00. The first-order chi connectivity index (χ1) is 11.3. The average Bonchev–Trinajstić information content (AvgIpc) is 3.21. The van der Waals surface area contributed by atoms with E-state index in [2.05, 4.69) is 33.9 Å². The van der Waals surface area contributed by atoms with E-state index in [0.717, 1.165) is 19.6 Å². The normalized spacial score (nSPS) is 22.2. The molecule has 2 aliphatic heterocycles.